The number of ether oxygens (including phenoxy) is 1. The van der Waals surface area contributed by atoms with Crippen molar-refractivity contribution in [3.05, 3.63) is 34.9 Å². The number of rotatable bonds is 7. The van der Waals surface area contributed by atoms with E-state index in [1.807, 2.05) is 19.9 Å². The van der Waals surface area contributed by atoms with Crippen LogP contribution in [0.5, 0.6) is 0 Å². The second-order valence-electron chi connectivity index (χ2n) is 6.15. The third kappa shape index (κ3) is 5.47. The molecule has 1 heterocycles. The van der Waals surface area contributed by atoms with E-state index in [0.717, 1.165) is 18.7 Å². The van der Waals surface area contributed by atoms with Crippen molar-refractivity contribution in [2.45, 2.75) is 39.5 Å². The van der Waals surface area contributed by atoms with Gasteiger partial charge in [0.2, 0.25) is 11.8 Å². The predicted octanol–water partition coefficient (Wildman–Crippen LogP) is 1.11. The highest BCUT2D eigenvalue weighted by Gasteiger charge is 2.23. The zero-order valence-electron chi connectivity index (χ0n) is 14.3. The minimum Gasteiger partial charge on any atom is -0.375 e. The Kier molecular flexibility index (Phi) is 8.18. The quantitative estimate of drug-likeness (QED) is 0.684. The molecule has 0 radical (unpaired) electrons. The van der Waals surface area contributed by atoms with Crippen LogP contribution in [0.4, 0.5) is 0 Å². The molecule has 6 nitrogen and oxygen atoms in total. The van der Waals surface area contributed by atoms with E-state index in [4.69, 9.17) is 4.74 Å². The molecule has 134 valence electrons. The zero-order chi connectivity index (χ0) is 16.8. The number of benzene rings is 1. The molecule has 0 spiro atoms. The van der Waals surface area contributed by atoms with Crippen molar-refractivity contribution < 1.29 is 14.3 Å². The maximum absolute atomic E-state index is 12.4. The van der Waals surface area contributed by atoms with Crippen LogP contribution in [0.2, 0.25) is 0 Å². The second-order valence-corrected chi connectivity index (χ2v) is 6.15. The Morgan fingerprint density at radius 1 is 1.25 bits per heavy atom. The van der Waals surface area contributed by atoms with E-state index in [1.165, 1.54) is 18.2 Å². The minimum atomic E-state index is -0.561. The first-order chi connectivity index (χ1) is 11.0. The molecule has 0 fully saturated rings. The van der Waals surface area contributed by atoms with Crippen LogP contribution in [0.25, 0.3) is 0 Å². The van der Waals surface area contributed by atoms with E-state index in [0.29, 0.717) is 6.54 Å². The fraction of sp³-hybridized carbons (Fsp3) is 0.529. The van der Waals surface area contributed by atoms with Gasteiger partial charge in [-0.15, -0.1) is 12.4 Å². The number of fused-ring (bicyclic) bond motifs is 1. The predicted molar refractivity (Wildman–Crippen MR) is 94.7 cm³/mol. The van der Waals surface area contributed by atoms with Crippen LogP contribution < -0.4 is 16.0 Å². The van der Waals surface area contributed by atoms with Gasteiger partial charge in [0, 0.05) is 26.7 Å². The van der Waals surface area contributed by atoms with Gasteiger partial charge in [-0.05, 0) is 22.6 Å². The smallest absolute Gasteiger partial charge is 0.246 e. The molecule has 7 heteroatoms. The van der Waals surface area contributed by atoms with Crippen LogP contribution in [0, 0.1) is 5.92 Å². The summed E-state index contributed by atoms with van der Waals surface area (Å²) in [5.41, 5.74) is 3.66. The topological polar surface area (TPSA) is 79.5 Å². The van der Waals surface area contributed by atoms with Crippen LogP contribution in [-0.4, -0.2) is 31.6 Å². The molecule has 1 aliphatic rings. The molecule has 0 bridgehead atoms. The lowest BCUT2D eigenvalue weighted by Crippen LogP contribution is -2.50. The molecule has 2 amide bonds. The molecule has 2 rings (SSSR count). The lowest BCUT2D eigenvalue weighted by Gasteiger charge is -2.21. The van der Waals surface area contributed by atoms with Gasteiger partial charge in [-0.2, -0.15) is 0 Å². The van der Waals surface area contributed by atoms with Gasteiger partial charge in [0.15, 0.2) is 0 Å². The van der Waals surface area contributed by atoms with Crippen molar-refractivity contribution >= 4 is 24.2 Å². The van der Waals surface area contributed by atoms with Crippen LogP contribution in [0.3, 0.4) is 0 Å². The number of carbonyl (C=O) groups is 2. The van der Waals surface area contributed by atoms with Crippen molar-refractivity contribution in [3.63, 3.8) is 0 Å². The molecule has 24 heavy (non-hydrogen) atoms. The van der Waals surface area contributed by atoms with Gasteiger partial charge in [-0.3, -0.25) is 9.59 Å². The minimum absolute atomic E-state index is 0. The van der Waals surface area contributed by atoms with Crippen molar-refractivity contribution in [1.82, 2.24) is 16.0 Å². The van der Waals surface area contributed by atoms with Crippen LogP contribution >= 0.6 is 12.4 Å². The van der Waals surface area contributed by atoms with Gasteiger partial charge in [0.05, 0.1) is 0 Å². The monoisotopic (exact) mass is 355 g/mol. The van der Waals surface area contributed by atoms with Gasteiger partial charge in [-0.1, -0.05) is 32.0 Å². The van der Waals surface area contributed by atoms with Crippen molar-refractivity contribution in [1.29, 1.82) is 0 Å². The summed E-state index contributed by atoms with van der Waals surface area (Å²) >= 11 is 0. The fourth-order valence-corrected chi connectivity index (χ4v) is 2.64. The summed E-state index contributed by atoms with van der Waals surface area (Å²) in [4.78, 5) is 24.0. The van der Waals surface area contributed by atoms with Crippen molar-refractivity contribution in [3.8, 4) is 0 Å². The fourth-order valence-electron chi connectivity index (χ4n) is 2.64. The van der Waals surface area contributed by atoms with Gasteiger partial charge < -0.3 is 20.7 Å². The maximum atomic E-state index is 12.4. The number of carbonyl (C=O) groups excluding carboxylic acids is 2. The largest absolute Gasteiger partial charge is 0.375 e. The molecule has 1 aromatic rings. The number of nitrogens with one attached hydrogen (secondary N) is 3. The Morgan fingerprint density at radius 2 is 1.96 bits per heavy atom. The third-order valence-corrected chi connectivity index (χ3v) is 3.91. The molecule has 0 unspecified atom stereocenters. The summed E-state index contributed by atoms with van der Waals surface area (Å²) in [6, 6.07) is 5.68. The van der Waals surface area contributed by atoms with Crippen molar-refractivity contribution in [2.75, 3.05) is 13.7 Å². The Bertz CT molecular complexity index is 578. The average molecular weight is 356 g/mol. The van der Waals surface area contributed by atoms with E-state index in [-0.39, 0.29) is 36.7 Å². The highest BCUT2D eigenvalue weighted by atomic mass is 35.5. The number of halogens is 1. The SMILES string of the molecule is COCC(=O)N[C@H](C(=O)NCc1ccc2c(c1)CNC2)C(C)C.Cl. The Morgan fingerprint density at radius 3 is 2.62 bits per heavy atom. The first-order valence-electron chi connectivity index (χ1n) is 7.88. The van der Waals surface area contributed by atoms with E-state index in [9.17, 15) is 9.59 Å². The number of hydrogen-bond acceptors (Lipinski definition) is 4. The Balaban J connectivity index is 0.00000288. The molecule has 0 saturated carbocycles. The van der Waals surface area contributed by atoms with Crippen LogP contribution in [0.1, 0.15) is 30.5 Å². The molecular weight excluding hydrogens is 330 g/mol. The summed E-state index contributed by atoms with van der Waals surface area (Å²) in [5, 5.41) is 8.91. The maximum Gasteiger partial charge on any atom is 0.246 e. The van der Waals surface area contributed by atoms with Crippen LogP contribution in [0.15, 0.2) is 18.2 Å². The molecule has 1 aromatic carbocycles. The molecule has 3 N–H and O–H groups in total. The van der Waals surface area contributed by atoms with E-state index in [1.54, 1.807) is 0 Å². The number of amides is 2. The summed E-state index contributed by atoms with van der Waals surface area (Å²) in [6.07, 6.45) is 0. The second kappa shape index (κ2) is 9.61. The first-order valence-corrected chi connectivity index (χ1v) is 7.88. The molecular formula is C17H26ClN3O3. The number of hydrogen-bond donors (Lipinski definition) is 3. The lowest BCUT2D eigenvalue weighted by atomic mass is 10.0. The Hall–Kier alpha value is -1.63. The summed E-state index contributed by atoms with van der Waals surface area (Å²) < 4.78 is 4.79. The van der Waals surface area contributed by atoms with Crippen LogP contribution in [-0.2, 0) is 34.0 Å². The van der Waals surface area contributed by atoms with Gasteiger partial charge in [0.25, 0.3) is 0 Å². The standard InChI is InChI=1S/C17H25N3O3.ClH/c1-11(2)16(20-15(21)10-23-3)17(22)19-7-12-4-5-13-8-18-9-14(13)6-12;/h4-6,11,16,18H,7-10H2,1-3H3,(H,19,22)(H,20,21);1H/t16-;/m0./s1. The van der Waals surface area contributed by atoms with E-state index in [2.05, 4.69) is 28.1 Å². The highest BCUT2D eigenvalue weighted by molar-refractivity contribution is 5.88. The zero-order valence-corrected chi connectivity index (χ0v) is 15.2. The summed E-state index contributed by atoms with van der Waals surface area (Å²) in [6.45, 7) is 5.99. The highest BCUT2D eigenvalue weighted by Crippen LogP contribution is 2.17. The van der Waals surface area contributed by atoms with Crippen molar-refractivity contribution in [2.24, 2.45) is 5.92 Å². The third-order valence-electron chi connectivity index (χ3n) is 3.91. The average Bonchev–Trinajstić information content (AvgIpc) is 2.97. The van der Waals surface area contributed by atoms with Gasteiger partial charge >= 0.3 is 0 Å². The molecule has 0 aromatic heterocycles. The lowest BCUT2D eigenvalue weighted by molar-refractivity contribution is -0.132. The van der Waals surface area contributed by atoms with E-state index < -0.39 is 6.04 Å². The molecule has 1 atom stereocenters. The molecule has 0 aliphatic carbocycles. The Labute approximate surface area is 149 Å². The molecule has 1 aliphatic heterocycles. The van der Waals surface area contributed by atoms with E-state index >= 15 is 0 Å². The first kappa shape index (κ1) is 20.4. The molecule has 0 saturated heterocycles. The number of methoxy groups -OCH3 is 1. The summed E-state index contributed by atoms with van der Waals surface area (Å²) in [5.74, 6) is -0.465. The normalized spacial score (nSPS) is 13.8. The van der Waals surface area contributed by atoms with Gasteiger partial charge in [0.1, 0.15) is 12.6 Å². The summed E-state index contributed by atoms with van der Waals surface area (Å²) in [7, 11) is 1.45. The van der Waals surface area contributed by atoms with Gasteiger partial charge in [-0.25, -0.2) is 0 Å².